The molecule has 0 fully saturated rings. The van der Waals surface area contributed by atoms with Crippen molar-refractivity contribution < 1.29 is 28.6 Å². The van der Waals surface area contributed by atoms with Crippen LogP contribution in [0.5, 0.6) is 17.2 Å². The number of halogens is 1. The molecule has 1 N–H and O–H groups in total. The number of ether oxygens (including phenoxy) is 3. The third-order valence-electron chi connectivity index (χ3n) is 3.62. The van der Waals surface area contributed by atoms with Crippen LogP contribution in [-0.4, -0.2) is 35.4 Å². The second-order valence-electron chi connectivity index (χ2n) is 5.32. The number of esters is 1. The van der Waals surface area contributed by atoms with E-state index in [9.17, 15) is 9.90 Å². The first-order valence-corrected chi connectivity index (χ1v) is 8.10. The van der Waals surface area contributed by atoms with Crippen LogP contribution in [0, 0.1) is 0 Å². The highest BCUT2D eigenvalue weighted by Crippen LogP contribution is 2.31. The van der Waals surface area contributed by atoms with Gasteiger partial charge in [0, 0.05) is 10.6 Å². The Morgan fingerprint density at radius 2 is 1.93 bits per heavy atom. The second-order valence-corrected chi connectivity index (χ2v) is 5.76. The molecule has 0 bridgehead atoms. The number of aromatic nitrogens is 2. The number of hydrogen-bond donors (Lipinski definition) is 1. The van der Waals surface area contributed by atoms with Gasteiger partial charge in [-0.3, -0.25) is 0 Å². The molecule has 140 valence electrons. The van der Waals surface area contributed by atoms with Crippen LogP contribution in [0.2, 0.25) is 5.02 Å². The number of phenols is 1. The molecule has 0 unspecified atom stereocenters. The van der Waals surface area contributed by atoms with Gasteiger partial charge in [0.2, 0.25) is 5.82 Å². The van der Waals surface area contributed by atoms with Gasteiger partial charge in [-0.2, -0.15) is 4.98 Å². The lowest BCUT2D eigenvalue weighted by atomic mass is 10.2. The van der Waals surface area contributed by atoms with Crippen LogP contribution in [0.1, 0.15) is 16.2 Å². The van der Waals surface area contributed by atoms with Crippen molar-refractivity contribution in [2.24, 2.45) is 0 Å². The van der Waals surface area contributed by atoms with E-state index in [0.29, 0.717) is 27.9 Å². The molecule has 0 aliphatic heterocycles. The van der Waals surface area contributed by atoms with Crippen molar-refractivity contribution in [3.05, 3.63) is 52.9 Å². The summed E-state index contributed by atoms with van der Waals surface area (Å²) < 4.78 is 20.6. The maximum atomic E-state index is 12.1. The van der Waals surface area contributed by atoms with Gasteiger partial charge in [-0.25, -0.2) is 4.79 Å². The summed E-state index contributed by atoms with van der Waals surface area (Å²) in [5.41, 5.74) is 0.587. The predicted octanol–water partition coefficient (Wildman–Crippen LogP) is 3.47. The van der Waals surface area contributed by atoms with Gasteiger partial charge < -0.3 is 23.8 Å². The number of methoxy groups -OCH3 is 2. The van der Waals surface area contributed by atoms with Crippen LogP contribution in [0.15, 0.2) is 40.9 Å². The van der Waals surface area contributed by atoms with Crippen LogP contribution in [0.25, 0.3) is 11.4 Å². The quantitative estimate of drug-likeness (QED) is 0.638. The third kappa shape index (κ3) is 4.12. The summed E-state index contributed by atoms with van der Waals surface area (Å²) in [5, 5.41) is 13.9. The lowest BCUT2D eigenvalue weighted by Crippen LogP contribution is -2.05. The van der Waals surface area contributed by atoms with E-state index in [1.54, 1.807) is 18.2 Å². The van der Waals surface area contributed by atoms with E-state index in [2.05, 4.69) is 10.1 Å². The van der Waals surface area contributed by atoms with Crippen LogP contribution >= 0.6 is 11.6 Å². The Morgan fingerprint density at radius 3 is 2.67 bits per heavy atom. The summed E-state index contributed by atoms with van der Waals surface area (Å²) in [7, 11) is 3.06. The highest BCUT2D eigenvalue weighted by molar-refractivity contribution is 6.31. The van der Waals surface area contributed by atoms with Crippen LogP contribution in [0.4, 0.5) is 0 Å². The van der Waals surface area contributed by atoms with Crippen LogP contribution in [-0.2, 0) is 11.3 Å². The van der Waals surface area contributed by atoms with Crippen molar-refractivity contribution in [2.45, 2.75) is 6.61 Å². The summed E-state index contributed by atoms with van der Waals surface area (Å²) >= 11 is 5.82. The Hall–Kier alpha value is -3.26. The van der Waals surface area contributed by atoms with Crippen molar-refractivity contribution in [3.8, 4) is 28.6 Å². The number of nitrogens with zero attached hydrogens (tertiary/aromatic N) is 2. The molecule has 0 aliphatic rings. The van der Waals surface area contributed by atoms with E-state index in [-0.39, 0.29) is 23.8 Å². The van der Waals surface area contributed by atoms with E-state index >= 15 is 0 Å². The first-order chi connectivity index (χ1) is 13.0. The fourth-order valence-corrected chi connectivity index (χ4v) is 2.45. The third-order valence-corrected chi connectivity index (χ3v) is 3.85. The minimum absolute atomic E-state index is 0.0536. The van der Waals surface area contributed by atoms with Crippen molar-refractivity contribution in [2.75, 3.05) is 14.2 Å². The smallest absolute Gasteiger partial charge is 0.342 e. The average Bonchev–Trinajstić information content (AvgIpc) is 3.16. The lowest BCUT2D eigenvalue weighted by molar-refractivity contribution is 0.0426. The fraction of sp³-hybridized carbons (Fsp3) is 0.167. The van der Waals surface area contributed by atoms with Crippen LogP contribution < -0.4 is 9.47 Å². The summed E-state index contributed by atoms with van der Waals surface area (Å²) in [6.07, 6.45) is 0. The van der Waals surface area contributed by atoms with E-state index in [1.165, 1.54) is 32.4 Å². The molecular formula is C18H15ClN2O6. The highest BCUT2D eigenvalue weighted by Gasteiger charge is 2.16. The molecule has 0 amide bonds. The molecule has 1 aromatic heterocycles. The summed E-state index contributed by atoms with van der Waals surface area (Å²) in [6.45, 7) is -0.259. The first kappa shape index (κ1) is 18.5. The van der Waals surface area contributed by atoms with Gasteiger partial charge in [0.05, 0.1) is 14.2 Å². The molecule has 0 radical (unpaired) electrons. The Morgan fingerprint density at radius 1 is 1.15 bits per heavy atom. The largest absolute Gasteiger partial charge is 0.507 e. The van der Waals surface area contributed by atoms with Gasteiger partial charge in [-0.05, 0) is 36.4 Å². The number of carbonyl (C=O) groups is 1. The molecule has 27 heavy (non-hydrogen) atoms. The molecule has 1 heterocycles. The molecule has 0 atom stereocenters. The summed E-state index contributed by atoms with van der Waals surface area (Å²) in [6, 6.07) is 9.23. The monoisotopic (exact) mass is 390 g/mol. The zero-order chi connectivity index (χ0) is 19.4. The van der Waals surface area contributed by atoms with Crippen molar-refractivity contribution in [1.29, 1.82) is 0 Å². The number of phenolic OH excluding ortho intramolecular Hbond substituents is 1. The predicted molar refractivity (Wildman–Crippen MR) is 95.1 cm³/mol. The minimum atomic E-state index is -0.763. The molecule has 9 heteroatoms. The fourth-order valence-electron chi connectivity index (χ4n) is 2.28. The Balaban J connectivity index is 1.71. The van der Waals surface area contributed by atoms with Crippen molar-refractivity contribution in [3.63, 3.8) is 0 Å². The average molecular weight is 391 g/mol. The number of benzene rings is 2. The van der Waals surface area contributed by atoms with Gasteiger partial charge in [0.25, 0.3) is 5.89 Å². The van der Waals surface area contributed by atoms with E-state index in [1.807, 2.05) is 0 Å². The van der Waals surface area contributed by atoms with E-state index in [0.717, 1.165) is 0 Å². The van der Waals surface area contributed by atoms with Crippen LogP contribution in [0.3, 0.4) is 0 Å². The Labute approximate surface area is 159 Å². The zero-order valence-corrected chi connectivity index (χ0v) is 15.2. The van der Waals surface area contributed by atoms with Gasteiger partial charge >= 0.3 is 5.97 Å². The summed E-state index contributed by atoms with van der Waals surface area (Å²) in [5.74, 6) is 0.480. The molecular weight excluding hydrogens is 376 g/mol. The Bertz CT molecular complexity index is 972. The number of carbonyl (C=O) groups excluding carboxylic acids is 1. The van der Waals surface area contributed by atoms with Gasteiger partial charge in [-0.15, -0.1) is 0 Å². The van der Waals surface area contributed by atoms with E-state index in [4.69, 9.17) is 30.3 Å². The molecule has 0 spiro atoms. The molecule has 3 rings (SSSR count). The standard InChI is InChI=1S/C18H15ClN2O6/c1-24-14-6-3-10(7-15(14)25-2)17-20-16(27-21-17)9-26-18(23)12-8-11(19)4-5-13(12)22/h3-8,22H,9H2,1-2H3. The SMILES string of the molecule is COc1ccc(-c2noc(COC(=O)c3cc(Cl)ccc3O)n2)cc1OC. The molecule has 0 aliphatic carbocycles. The zero-order valence-electron chi connectivity index (χ0n) is 14.4. The minimum Gasteiger partial charge on any atom is -0.507 e. The molecule has 2 aromatic carbocycles. The number of rotatable bonds is 6. The maximum absolute atomic E-state index is 12.1. The molecule has 3 aromatic rings. The lowest BCUT2D eigenvalue weighted by Gasteiger charge is -2.07. The normalized spacial score (nSPS) is 10.5. The maximum Gasteiger partial charge on any atom is 0.342 e. The molecule has 0 saturated carbocycles. The second kappa shape index (κ2) is 7.96. The van der Waals surface area contributed by atoms with Gasteiger partial charge in [-0.1, -0.05) is 16.8 Å². The van der Waals surface area contributed by atoms with Crippen molar-refractivity contribution in [1.82, 2.24) is 10.1 Å². The van der Waals surface area contributed by atoms with Gasteiger partial charge in [0.15, 0.2) is 18.1 Å². The number of hydrogen-bond acceptors (Lipinski definition) is 8. The topological polar surface area (TPSA) is 104 Å². The number of aromatic hydroxyl groups is 1. The molecule has 0 saturated heterocycles. The Kier molecular flexibility index (Phi) is 5.46. The van der Waals surface area contributed by atoms with E-state index < -0.39 is 5.97 Å². The highest BCUT2D eigenvalue weighted by atomic mass is 35.5. The first-order valence-electron chi connectivity index (χ1n) is 7.72. The van der Waals surface area contributed by atoms with Crippen molar-refractivity contribution >= 4 is 17.6 Å². The van der Waals surface area contributed by atoms with Gasteiger partial charge in [0.1, 0.15) is 11.3 Å². The molecule has 8 nitrogen and oxygen atoms in total. The summed E-state index contributed by atoms with van der Waals surface area (Å²) in [4.78, 5) is 16.2.